The van der Waals surface area contributed by atoms with Crippen molar-refractivity contribution >= 4 is 5.91 Å². The van der Waals surface area contributed by atoms with E-state index in [1.807, 2.05) is 4.90 Å². The van der Waals surface area contributed by atoms with E-state index in [-0.39, 0.29) is 6.10 Å². The molecule has 0 aromatic rings. The summed E-state index contributed by atoms with van der Waals surface area (Å²) in [5, 5.41) is 3.44. The van der Waals surface area contributed by atoms with E-state index in [2.05, 4.69) is 12.2 Å². The average Bonchev–Trinajstić information content (AvgIpc) is 2.40. The highest BCUT2D eigenvalue weighted by Crippen LogP contribution is 2.21. The van der Waals surface area contributed by atoms with Gasteiger partial charge in [-0.2, -0.15) is 0 Å². The van der Waals surface area contributed by atoms with Crippen LogP contribution in [0.2, 0.25) is 0 Å². The number of hydrogen-bond donors (Lipinski definition) is 1. The fourth-order valence-electron chi connectivity index (χ4n) is 3.01. The molecule has 3 unspecified atom stereocenters. The molecule has 4 nitrogen and oxygen atoms in total. The Hall–Kier alpha value is -0.610. The van der Waals surface area contributed by atoms with Crippen molar-refractivity contribution in [1.29, 1.82) is 0 Å². The van der Waals surface area contributed by atoms with Gasteiger partial charge in [0.1, 0.15) is 0 Å². The van der Waals surface area contributed by atoms with Crippen molar-refractivity contribution in [2.75, 3.05) is 26.7 Å². The van der Waals surface area contributed by atoms with Crippen LogP contribution in [0.4, 0.5) is 0 Å². The summed E-state index contributed by atoms with van der Waals surface area (Å²) in [4.78, 5) is 14.3. The number of rotatable bonds is 3. The lowest BCUT2D eigenvalue weighted by atomic mass is 9.95. The van der Waals surface area contributed by atoms with Crippen LogP contribution in [-0.4, -0.2) is 49.7 Å². The number of nitrogens with zero attached hydrogens (tertiary/aromatic N) is 1. The minimum absolute atomic E-state index is 0.210. The van der Waals surface area contributed by atoms with Gasteiger partial charge in [-0.3, -0.25) is 4.79 Å². The molecule has 2 heterocycles. The smallest absolute Gasteiger partial charge is 0.224 e. The molecule has 0 aliphatic carbocycles. The Kier molecular flexibility index (Phi) is 5.01. The fraction of sp³-hybridized carbons (Fsp3) is 0.929. The first-order chi connectivity index (χ1) is 8.70. The largest absolute Gasteiger partial charge is 0.379 e. The van der Waals surface area contributed by atoms with Crippen molar-refractivity contribution in [1.82, 2.24) is 10.2 Å². The zero-order chi connectivity index (χ0) is 13.0. The normalized spacial score (nSPS) is 33.4. The van der Waals surface area contributed by atoms with Crippen molar-refractivity contribution in [3.63, 3.8) is 0 Å². The summed E-state index contributed by atoms with van der Waals surface area (Å²) >= 11 is 0. The highest BCUT2D eigenvalue weighted by molar-refractivity contribution is 5.77. The summed E-state index contributed by atoms with van der Waals surface area (Å²) in [5.74, 6) is 0.857. The van der Waals surface area contributed by atoms with E-state index < -0.39 is 0 Å². The zero-order valence-electron chi connectivity index (χ0n) is 11.7. The number of amides is 1. The van der Waals surface area contributed by atoms with Crippen LogP contribution >= 0.6 is 0 Å². The number of methoxy groups -OCH3 is 1. The summed E-state index contributed by atoms with van der Waals surface area (Å²) in [6.45, 7) is 4.93. The third kappa shape index (κ3) is 3.45. The van der Waals surface area contributed by atoms with E-state index in [0.717, 1.165) is 32.5 Å². The van der Waals surface area contributed by atoms with Gasteiger partial charge in [-0.05, 0) is 31.7 Å². The van der Waals surface area contributed by atoms with Crippen molar-refractivity contribution in [3.8, 4) is 0 Å². The number of nitrogens with one attached hydrogen (secondary N) is 1. The van der Waals surface area contributed by atoms with E-state index in [1.54, 1.807) is 7.11 Å². The maximum Gasteiger partial charge on any atom is 0.224 e. The van der Waals surface area contributed by atoms with Crippen LogP contribution in [0.5, 0.6) is 0 Å². The van der Waals surface area contributed by atoms with Crippen LogP contribution in [0.25, 0.3) is 0 Å². The van der Waals surface area contributed by atoms with Gasteiger partial charge in [0.15, 0.2) is 0 Å². The van der Waals surface area contributed by atoms with Gasteiger partial charge < -0.3 is 15.0 Å². The maximum atomic E-state index is 12.3. The van der Waals surface area contributed by atoms with Crippen molar-refractivity contribution in [2.45, 2.75) is 51.2 Å². The molecule has 2 fully saturated rings. The molecule has 18 heavy (non-hydrogen) atoms. The highest BCUT2D eigenvalue weighted by atomic mass is 16.5. The van der Waals surface area contributed by atoms with Gasteiger partial charge in [-0.15, -0.1) is 0 Å². The monoisotopic (exact) mass is 254 g/mol. The van der Waals surface area contributed by atoms with Gasteiger partial charge in [0.25, 0.3) is 0 Å². The third-order valence-electron chi connectivity index (χ3n) is 4.38. The van der Waals surface area contributed by atoms with Crippen LogP contribution in [0.3, 0.4) is 0 Å². The van der Waals surface area contributed by atoms with Crippen LogP contribution in [0.15, 0.2) is 0 Å². The van der Waals surface area contributed by atoms with Gasteiger partial charge >= 0.3 is 0 Å². The molecule has 0 aromatic heterocycles. The maximum absolute atomic E-state index is 12.3. The Labute approximate surface area is 110 Å². The predicted octanol–water partition coefficient (Wildman–Crippen LogP) is 1.40. The van der Waals surface area contributed by atoms with Crippen LogP contribution in [0.1, 0.15) is 39.0 Å². The molecular weight excluding hydrogens is 228 g/mol. The molecule has 2 aliphatic rings. The molecule has 0 saturated carbocycles. The summed E-state index contributed by atoms with van der Waals surface area (Å²) in [5.41, 5.74) is 0. The lowest BCUT2D eigenvalue weighted by Crippen LogP contribution is -2.48. The molecule has 1 N–H and O–H groups in total. The highest BCUT2D eigenvalue weighted by Gasteiger charge is 2.29. The third-order valence-corrected chi connectivity index (χ3v) is 4.38. The second kappa shape index (κ2) is 6.53. The molecule has 0 spiro atoms. The van der Waals surface area contributed by atoms with Gasteiger partial charge in [-0.1, -0.05) is 13.3 Å². The van der Waals surface area contributed by atoms with Gasteiger partial charge in [-0.25, -0.2) is 0 Å². The Morgan fingerprint density at radius 1 is 1.39 bits per heavy atom. The van der Waals surface area contributed by atoms with E-state index in [9.17, 15) is 4.79 Å². The van der Waals surface area contributed by atoms with Crippen molar-refractivity contribution in [3.05, 3.63) is 0 Å². The number of carbonyl (C=O) groups is 1. The second-order valence-electron chi connectivity index (χ2n) is 5.73. The fourth-order valence-corrected chi connectivity index (χ4v) is 3.01. The van der Waals surface area contributed by atoms with Gasteiger partial charge in [0.05, 0.1) is 6.10 Å². The number of carbonyl (C=O) groups excluding carboxylic acids is 1. The van der Waals surface area contributed by atoms with Crippen molar-refractivity contribution < 1.29 is 9.53 Å². The Morgan fingerprint density at radius 2 is 2.22 bits per heavy atom. The van der Waals surface area contributed by atoms with Gasteiger partial charge in [0.2, 0.25) is 5.91 Å². The summed E-state index contributed by atoms with van der Waals surface area (Å²) in [7, 11) is 1.75. The SMILES string of the molecule is COC1CN(C(=O)CC2CCCCN2)CCC1C. The molecule has 0 aromatic carbocycles. The van der Waals surface area contributed by atoms with Gasteiger partial charge in [0, 0.05) is 32.7 Å². The number of piperidine rings is 2. The van der Waals surface area contributed by atoms with E-state index in [0.29, 0.717) is 24.3 Å². The second-order valence-corrected chi connectivity index (χ2v) is 5.73. The van der Waals surface area contributed by atoms with Crippen molar-refractivity contribution in [2.24, 2.45) is 5.92 Å². The molecule has 1 amide bonds. The molecule has 4 heteroatoms. The molecule has 2 rings (SSSR count). The molecular formula is C14H26N2O2. The lowest BCUT2D eigenvalue weighted by Gasteiger charge is -2.37. The molecule has 0 radical (unpaired) electrons. The molecule has 0 bridgehead atoms. The first kappa shape index (κ1) is 13.8. The number of hydrogen-bond acceptors (Lipinski definition) is 3. The Bertz CT molecular complexity index is 277. The first-order valence-electron chi connectivity index (χ1n) is 7.24. The molecule has 104 valence electrons. The van der Waals surface area contributed by atoms with E-state index in [1.165, 1.54) is 12.8 Å². The first-order valence-corrected chi connectivity index (χ1v) is 7.24. The minimum atomic E-state index is 0.210. The van der Waals surface area contributed by atoms with Crippen LogP contribution < -0.4 is 5.32 Å². The number of likely N-dealkylation sites (tertiary alicyclic amines) is 1. The van der Waals surface area contributed by atoms with E-state index >= 15 is 0 Å². The lowest BCUT2D eigenvalue weighted by molar-refractivity contribution is -0.136. The molecule has 3 atom stereocenters. The summed E-state index contributed by atoms with van der Waals surface area (Å²) in [6.07, 6.45) is 5.57. The quantitative estimate of drug-likeness (QED) is 0.828. The number of ether oxygens (including phenoxy) is 1. The average molecular weight is 254 g/mol. The molecule has 2 aliphatic heterocycles. The summed E-state index contributed by atoms with van der Waals surface area (Å²) < 4.78 is 5.46. The topological polar surface area (TPSA) is 41.6 Å². The molecule has 2 saturated heterocycles. The predicted molar refractivity (Wildman–Crippen MR) is 71.4 cm³/mol. The van der Waals surface area contributed by atoms with Crippen LogP contribution in [0, 0.1) is 5.92 Å². The zero-order valence-corrected chi connectivity index (χ0v) is 11.7. The Morgan fingerprint density at radius 3 is 2.89 bits per heavy atom. The van der Waals surface area contributed by atoms with Crippen LogP contribution in [-0.2, 0) is 9.53 Å². The summed E-state index contributed by atoms with van der Waals surface area (Å²) in [6, 6.07) is 0.395. The minimum Gasteiger partial charge on any atom is -0.379 e. The van der Waals surface area contributed by atoms with E-state index in [4.69, 9.17) is 4.74 Å². The standard InChI is InChI=1S/C14H26N2O2/c1-11-6-8-16(10-13(11)18-2)14(17)9-12-5-3-4-7-15-12/h11-13,15H,3-10H2,1-2H3. The Balaban J connectivity index is 1.81.